The van der Waals surface area contributed by atoms with Crippen molar-refractivity contribution in [3.8, 4) is 0 Å². The molecule has 5 heteroatoms. The van der Waals surface area contributed by atoms with Crippen molar-refractivity contribution in [2.45, 2.75) is 6.61 Å². The van der Waals surface area contributed by atoms with E-state index in [2.05, 4.69) is 0 Å². The molecule has 0 aliphatic rings. The maximum Gasteiger partial charge on any atom is 0.335 e. The molecule has 3 rings (SSSR count). The molecule has 26 heavy (non-hydrogen) atoms. The number of benzene rings is 3. The lowest BCUT2D eigenvalue weighted by molar-refractivity contribution is 0.0686. The second-order valence-electron chi connectivity index (χ2n) is 4.99. The Bertz CT molecular complexity index is 722. The van der Waals surface area contributed by atoms with Gasteiger partial charge in [0.1, 0.15) is 0 Å². The van der Waals surface area contributed by atoms with Crippen molar-refractivity contribution >= 4 is 11.9 Å². The van der Waals surface area contributed by atoms with Crippen molar-refractivity contribution in [3.63, 3.8) is 0 Å². The molecule has 0 aliphatic carbocycles. The van der Waals surface area contributed by atoms with Gasteiger partial charge in [-0.3, -0.25) is 0 Å². The van der Waals surface area contributed by atoms with Gasteiger partial charge in [0.25, 0.3) is 0 Å². The molecule has 3 aromatic rings. The minimum Gasteiger partial charge on any atom is -0.478 e. The fraction of sp³-hybridized carbons (Fsp3) is 0.0476. The summed E-state index contributed by atoms with van der Waals surface area (Å²) < 4.78 is 0. The normalized spacial score (nSPS) is 8.96. The van der Waals surface area contributed by atoms with E-state index in [0.29, 0.717) is 11.1 Å². The van der Waals surface area contributed by atoms with Crippen LogP contribution in [0.4, 0.5) is 0 Å². The van der Waals surface area contributed by atoms with E-state index in [1.807, 2.05) is 30.3 Å². The molecular formula is C21H20O5. The Kier molecular flexibility index (Phi) is 9.51. The number of hydrogen-bond acceptors (Lipinski definition) is 3. The van der Waals surface area contributed by atoms with E-state index in [1.165, 1.54) is 0 Å². The van der Waals surface area contributed by atoms with Gasteiger partial charge in [-0.15, -0.1) is 0 Å². The molecule has 3 aromatic carbocycles. The van der Waals surface area contributed by atoms with E-state index in [4.69, 9.17) is 15.3 Å². The molecule has 0 aliphatic heterocycles. The van der Waals surface area contributed by atoms with Gasteiger partial charge in [0.2, 0.25) is 0 Å². The number of carboxylic acids is 2. The average molecular weight is 352 g/mol. The molecule has 0 bridgehead atoms. The lowest BCUT2D eigenvalue weighted by atomic mass is 10.2. The van der Waals surface area contributed by atoms with Crippen LogP contribution in [-0.4, -0.2) is 27.3 Å². The number of rotatable bonds is 3. The van der Waals surface area contributed by atoms with E-state index >= 15 is 0 Å². The topological polar surface area (TPSA) is 94.8 Å². The molecule has 0 saturated carbocycles. The van der Waals surface area contributed by atoms with Gasteiger partial charge >= 0.3 is 11.9 Å². The molecule has 0 unspecified atom stereocenters. The maximum atomic E-state index is 10.2. The Morgan fingerprint density at radius 3 is 1.08 bits per heavy atom. The molecule has 0 heterocycles. The predicted octanol–water partition coefficient (Wildman–Crippen LogP) is 3.95. The van der Waals surface area contributed by atoms with E-state index in [0.717, 1.165) is 5.56 Å². The lowest BCUT2D eigenvalue weighted by Gasteiger charge is -1.89. The zero-order chi connectivity index (χ0) is 19.2. The van der Waals surface area contributed by atoms with Crippen molar-refractivity contribution in [1.29, 1.82) is 0 Å². The Morgan fingerprint density at radius 2 is 0.885 bits per heavy atom. The molecule has 134 valence electrons. The third kappa shape index (κ3) is 8.42. The molecule has 0 radical (unpaired) electrons. The minimum absolute atomic E-state index is 0.140. The third-order valence-electron chi connectivity index (χ3n) is 3.07. The number of aromatic carboxylic acids is 2. The Labute approximate surface area is 151 Å². The average Bonchev–Trinajstić information content (AvgIpc) is 2.71. The fourth-order valence-corrected chi connectivity index (χ4v) is 1.74. The maximum absolute atomic E-state index is 10.2. The zero-order valence-electron chi connectivity index (χ0n) is 14.0. The van der Waals surface area contributed by atoms with Crippen LogP contribution in [-0.2, 0) is 6.61 Å². The summed E-state index contributed by atoms with van der Waals surface area (Å²) in [6.07, 6.45) is 0. The van der Waals surface area contributed by atoms with Gasteiger partial charge in [0.15, 0.2) is 0 Å². The smallest absolute Gasteiger partial charge is 0.335 e. The number of aliphatic hydroxyl groups is 1. The van der Waals surface area contributed by atoms with Gasteiger partial charge in [0.05, 0.1) is 17.7 Å². The Morgan fingerprint density at radius 1 is 0.577 bits per heavy atom. The van der Waals surface area contributed by atoms with Crippen molar-refractivity contribution in [2.24, 2.45) is 0 Å². The van der Waals surface area contributed by atoms with Crippen LogP contribution in [0.25, 0.3) is 0 Å². The molecule has 0 spiro atoms. The molecule has 0 amide bonds. The van der Waals surface area contributed by atoms with Crippen LogP contribution in [0.15, 0.2) is 91.0 Å². The first-order valence-corrected chi connectivity index (χ1v) is 7.76. The van der Waals surface area contributed by atoms with Crippen LogP contribution in [0.1, 0.15) is 26.3 Å². The number of carboxylic acid groups (broad SMARTS) is 2. The van der Waals surface area contributed by atoms with Crippen LogP contribution < -0.4 is 0 Å². The van der Waals surface area contributed by atoms with E-state index in [1.54, 1.807) is 60.7 Å². The van der Waals surface area contributed by atoms with Crippen molar-refractivity contribution < 1.29 is 24.9 Å². The Balaban J connectivity index is 0.000000195. The molecule has 0 aromatic heterocycles. The van der Waals surface area contributed by atoms with Gasteiger partial charge in [-0.1, -0.05) is 66.7 Å². The van der Waals surface area contributed by atoms with Gasteiger partial charge in [-0.2, -0.15) is 0 Å². The molecule has 0 saturated heterocycles. The summed E-state index contributed by atoms with van der Waals surface area (Å²) in [4.78, 5) is 20.4. The van der Waals surface area contributed by atoms with Crippen LogP contribution >= 0.6 is 0 Å². The molecule has 5 nitrogen and oxygen atoms in total. The lowest BCUT2D eigenvalue weighted by Crippen LogP contribution is -1.93. The quantitative estimate of drug-likeness (QED) is 0.663. The van der Waals surface area contributed by atoms with Crippen LogP contribution in [0, 0.1) is 0 Å². The summed E-state index contributed by atoms with van der Waals surface area (Å²) >= 11 is 0. The largest absolute Gasteiger partial charge is 0.478 e. The second-order valence-corrected chi connectivity index (χ2v) is 4.99. The standard InChI is InChI=1S/2C7H6O2.C7H8O/c2*8-7(9)6-4-2-1-3-5-6;8-6-7-4-2-1-3-5-7/h2*1-5H,(H,8,9);1-5,8H,6H2. The Hall–Kier alpha value is -3.44. The van der Waals surface area contributed by atoms with Gasteiger partial charge < -0.3 is 15.3 Å². The third-order valence-corrected chi connectivity index (χ3v) is 3.07. The van der Waals surface area contributed by atoms with Crippen molar-refractivity contribution in [1.82, 2.24) is 0 Å². The number of aliphatic hydroxyl groups excluding tert-OH is 1. The molecule has 3 N–H and O–H groups in total. The fourth-order valence-electron chi connectivity index (χ4n) is 1.74. The predicted molar refractivity (Wildman–Crippen MR) is 99.2 cm³/mol. The molecule has 0 atom stereocenters. The summed E-state index contributed by atoms with van der Waals surface area (Å²) in [5.74, 6) is -1.76. The van der Waals surface area contributed by atoms with Gasteiger partial charge in [0, 0.05) is 0 Å². The summed E-state index contributed by atoms with van der Waals surface area (Å²) in [7, 11) is 0. The first-order chi connectivity index (χ1) is 12.5. The van der Waals surface area contributed by atoms with Gasteiger partial charge in [-0.05, 0) is 29.8 Å². The highest BCUT2D eigenvalue weighted by Gasteiger charge is 1.97. The van der Waals surface area contributed by atoms with Crippen LogP contribution in [0.3, 0.4) is 0 Å². The summed E-state index contributed by atoms with van der Waals surface area (Å²) in [6, 6.07) is 26.1. The second kappa shape index (κ2) is 12.0. The molecule has 0 fully saturated rings. The monoisotopic (exact) mass is 352 g/mol. The number of carbonyl (C=O) groups is 2. The van der Waals surface area contributed by atoms with E-state index in [-0.39, 0.29) is 6.61 Å². The summed E-state index contributed by atoms with van der Waals surface area (Å²) in [5, 5.41) is 25.3. The highest BCUT2D eigenvalue weighted by molar-refractivity contribution is 5.87. The van der Waals surface area contributed by atoms with Crippen molar-refractivity contribution in [3.05, 3.63) is 108 Å². The SMILES string of the molecule is O=C(O)c1ccccc1.O=C(O)c1ccccc1.OCc1ccccc1. The van der Waals surface area contributed by atoms with Gasteiger partial charge in [-0.25, -0.2) is 9.59 Å². The summed E-state index contributed by atoms with van der Waals surface area (Å²) in [6.45, 7) is 0.140. The van der Waals surface area contributed by atoms with E-state index in [9.17, 15) is 9.59 Å². The molecular weight excluding hydrogens is 332 g/mol. The first kappa shape index (κ1) is 20.6. The minimum atomic E-state index is -0.879. The van der Waals surface area contributed by atoms with Crippen LogP contribution in [0.2, 0.25) is 0 Å². The van der Waals surface area contributed by atoms with Crippen LogP contribution in [0.5, 0.6) is 0 Å². The zero-order valence-corrected chi connectivity index (χ0v) is 14.0. The number of hydrogen-bond donors (Lipinski definition) is 3. The summed E-state index contributed by atoms with van der Waals surface area (Å²) in [5.41, 5.74) is 1.63. The van der Waals surface area contributed by atoms with Crippen molar-refractivity contribution in [2.75, 3.05) is 0 Å². The highest BCUT2D eigenvalue weighted by Crippen LogP contribution is 1.97. The first-order valence-electron chi connectivity index (χ1n) is 7.76. The highest BCUT2D eigenvalue weighted by atomic mass is 16.4. The van der Waals surface area contributed by atoms with E-state index < -0.39 is 11.9 Å².